The second-order valence-electron chi connectivity index (χ2n) is 7.79. The molecule has 0 radical (unpaired) electrons. The van der Waals surface area contributed by atoms with Gasteiger partial charge in [-0.3, -0.25) is 9.59 Å². The Morgan fingerprint density at radius 2 is 1.62 bits per heavy atom. The molecule has 1 aliphatic heterocycles. The van der Waals surface area contributed by atoms with Crippen LogP contribution in [0.2, 0.25) is 0 Å². The first-order valence-corrected chi connectivity index (χ1v) is 11.5. The van der Waals surface area contributed by atoms with Gasteiger partial charge in [0.15, 0.2) is 0 Å². The second kappa shape index (κ2) is 10.5. The van der Waals surface area contributed by atoms with Crippen molar-refractivity contribution in [1.29, 1.82) is 0 Å². The van der Waals surface area contributed by atoms with Crippen molar-refractivity contribution in [3.05, 3.63) is 64.7 Å². The summed E-state index contributed by atoms with van der Waals surface area (Å²) in [6.07, 6.45) is 4.46. The Balaban J connectivity index is 1.58. The lowest BCUT2D eigenvalue weighted by Crippen LogP contribution is -2.32. The zero-order valence-corrected chi connectivity index (χ0v) is 18.2. The molecule has 0 aromatic heterocycles. The molecule has 1 N–H and O–H groups in total. The van der Waals surface area contributed by atoms with Crippen LogP contribution < -0.4 is 5.32 Å². The number of para-hydroxylation sites is 1. The molecule has 2 aromatic carbocycles. The minimum atomic E-state index is -0.0736. The van der Waals surface area contributed by atoms with E-state index in [1.807, 2.05) is 29.2 Å². The van der Waals surface area contributed by atoms with Crippen LogP contribution in [0.5, 0.6) is 0 Å². The van der Waals surface area contributed by atoms with Crippen LogP contribution in [0, 0.1) is 13.8 Å². The molecule has 0 spiro atoms. The fraction of sp³-hybridized carbons (Fsp3) is 0.417. The third-order valence-electron chi connectivity index (χ3n) is 5.11. The van der Waals surface area contributed by atoms with Gasteiger partial charge < -0.3 is 10.2 Å². The van der Waals surface area contributed by atoms with Crippen LogP contribution >= 0.6 is 11.8 Å². The predicted octanol–water partition coefficient (Wildman–Crippen LogP) is 5.19. The number of nitrogens with one attached hydrogen (secondary N) is 1. The molecule has 0 saturated carbocycles. The molecule has 0 aliphatic carbocycles. The minimum absolute atomic E-state index is 0.0192. The third-order valence-corrected chi connectivity index (χ3v) is 6.11. The lowest BCUT2D eigenvalue weighted by atomic mass is 10.1. The van der Waals surface area contributed by atoms with Gasteiger partial charge in [0.25, 0.3) is 5.91 Å². The maximum atomic E-state index is 13.0. The molecule has 1 saturated heterocycles. The highest BCUT2D eigenvalue weighted by Gasteiger charge is 2.20. The molecule has 1 aliphatic rings. The van der Waals surface area contributed by atoms with Crippen LogP contribution in [0.25, 0.3) is 0 Å². The summed E-state index contributed by atoms with van der Waals surface area (Å²) in [4.78, 5) is 27.4. The molecule has 154 valence electrons. The number of likely N-dealkylation sites (tertiary alicyclic amines) is 1. The van der Waals surface area contributed by atoms with E-state index in [1.165, 1.54) is 29.5 Å². The molecule has 4 nitrogen and oxygen atoms in total. The van der Waals surface area contributed by atoms with Gasteiger partial charge in [0.2, 0.25) is 5.91 Å². The van der Waals surface area contributed by atoms with Gasteiger partial charge in [-0.2, -0.15) is 0 Å². The molecule has 1 heterocycles. The van der Waals surface area contributed by atoms with Crippen molar-refractivity contribution in [2.24, 2.45) is 0 Å². The standard InChI is InChI=1S/C24H30N2O2S/c1-18-13-19(2)15-20(14-18)16-29-17-23(27)25-22-10-6-5-9-21(22)24(28)26-11-7-3-4-8-12-26/h5-6,9-10,13-15H,3-4,7-8,11-12,16-17H2,1-2H3,(H,25,27). The van der Waals surface area contributed by atoms with Gasteiger partial charge in [-0.1, -0.05) is 54.3 Å². The molecule has 5 heteroatoms. The SMILES string of the molecule is Cc1cc(C)cc(CSCC(=O)Nc2ccccc2C(=O)N2CCCCCC2)c1. The van der Waals surface area contributed by atoms with Gasteiger partial charge in [0, 0.05) is 18.8 Å². The lowest BCUT2D eigenvalue weighted by molar-refractivity contribution is -0.113. The molecule has 0 atom stereocenters. The zero-order valence-electron chi connectivity index (χ0n) is 17.4. The highest BCUT2D eigenvalue weighted by molar-refractivity contribution is 7.99. The van der Waals surface area contributed by atoms with E-state index in [0.717, 1.165) is 31.7 Å². The van der Waals surface area contributed by atoms with Gasteiger partial charge in [-0.15, -0.1) is 11.8 Å². The van der Waals surface area contributed by atoms with Crippen molar-refractivity contribution in [2.45, 2.75) is 45.3 Å². The van der Waals surface area contributed by atoms with Crippen LogP contribution in [-0.2, 0) is 10.5 Å². The number of benzene rings is 2. The van der Waals surface area contributed by atoms with Crippen LogP contribution in [0.1, 0.15) is 52.7 Å². The fourth-order valence-electron chi connectivity index (χ4n) is 3.82. The molecule has 29 heavy (non-hydrogen) atoms. The summed E-state index contributed by atoms with van der Waals surface area (Å²) in [5, 5.41) is 2.95. The van der Waals surface area contributed by atoms with Crippen LogP contribution in [0.4, 0.5) is 5.69 Å². The van der Waals surface area contributed by atoms with Gasteiger partial charge in [-0.25, -0.2) is 0 Å². The van der Waals surface area contributed by atoms with Gasteiger partial charge in [0.05, 0.1) is 17.0 Å². The van der Waals surface area contributed by atoms with Crippen molar-refractivity contribution in [1.82, 2.24) is 4.90 Å². The lowest BCUT2D eigenvalue weighted by Gasteiger charge is -2.22. The van der Waals surface area contributed by atoms with E-state index < -0.39 is 0 Å². The summed E-state index contributed by atoms with van der Waals surface area (Å²) in [6.45, 7) is 5.78. The summed E-state index contributed by atoms with van der Waals surface area (Å²) in [5.74, 6) is 1.10. The van der Waals surface area contributed by atoms with Crippen LogP contribution in [-0.4, -0.2) is 35.6 Å². The quantitative estimate of drug-likeness (QED) is 0.713. The molecule has 1 fully saturated rings. The minimum Gasteiger partial charge on any atom is -0.339 e. The summed E-state index contributed by atoms with van der Waals surface area (Å²) < 4.78 is 0. The smallest absolute Gasteiger partial charge is 0.255 e. The zero-order chi connectivity index (χ0) is 20.6. The molecule has 0 bridgehead atoms. The number of thioether (sulfide) groups is 1. The highest BCUT2D eigenvalue weighted by Crippen LogP contribution is 2.21. The number of carbonyl (C=O) groups excluding carboxylic acids is 2. The van der Waals surface area contributed by atoms with E-state index in [0.29, 0.717) is 17.0 Å². The highest BCUT2D eigenvalue weighted by atomic mass is 32.2. The normalized spacial score (nSPS) is 14.3. The van der Waals surface area contributed by atoms with E-state index in [9.17, 15) is 9.59 Å². The number of hydrogen-bond donors (Lipinski definition) is 1. The Kier molecular flexibility index (Phi) is 7.76. The van der Waals surface area contributed by atoms with Crippen LogP contribution in [0.3, 0.4) is 0 Å². The number of nitrogens with zero attached hydrogens (tertiary/aromatic N) is 1. The fourth-order valence-corrected chi connectivity index (χ4v) is 4.58. The maximum Gasteiger partial charge on any atom is 0.255 e. The number of hydrogen-bond acceptors (Lipinski definition) is 3. The van der Waals surface area contributed by atoms with Crippen molar-refractivity contribution in [3.8, 4) is 0 Å². The molecular weight excluding hydrogens is 380 g/mol. The number of rotatable bonds is 6. The van der Waals surface area contributed by atoms with Crippen molar-refractivity contribution in [2.75, 3.05) is 24.2 Å². The maximum absolute atomic E-state index is 13.0. The van der Waals surface area contributed by atoms with E-state index in [2.05, 4.69) is 37.4 Å². The van der Waals surface area contributed by atoms with Crippen molar-refractivity contribution < 1.29 is 9.59 Å². The van der Waals surface area contributed by atoms with Crippen molar-refractivity contribution >= 4 is 29.3 Å². The summed E-state index contributed by atoms with van der Waals surface area (Å²) in [7, 11) is 0. The predicted molar refractivity (Wildman–Crippen MR) is 122 cm³/mol. The van der Waals surface area contributed by atoms with Gasteiger partial charge in [0.1, 0.15) is 0 Å². The Hall–Kier alpha value is -2.27. The van der Waals surface area contributed by atoms with E-state index >= 15 is 0 Å². The molecule has 3 rings (SSSR count). The number of carbonyl (C=O) groups is 2. The van der Waals surface area contributed by atoms with E-state index in [-0.39, 0.29) is 11.8 Å². The topological polar surface area (TPSA) is 49.4 Å². The number of aryl methyl sites for hydroxylation is 2. The monoisotopic (exact) mass is 410 g/mol. The average Bonchev–Trinajstić information content (AvgIpc) is 2.97. The van der Waals surface area contributed by atoms with E-state index in [4.69, 9.17) is 0 Å². The number of anilines is 1. The molecule has 2 aromatic rings. The Bertz CT molecular complexity index is 837. The molecular formula is C24H30N2O2S. The van der Waals surface area contributed by atoms with Gasteiger partial charge in [-0.05, 0) is 44.4 Å². The summed E-state index contributed by atoms with van der Waals surface area (Å²) in [6, 6.07) is 13.8. The largest absolute Gasteiger partial charge is 0.339 e. The van der Waals surface area contributed by atoms with E-state index in [1.54, 1.807) is 11.8 Å². The van der Waals surface area contributed by atoms with Crippen LogP contribution in [0.15, 0.2) is 42.5 Å². The Morgan fingerprint density at radius 1 is 0.966 bits per heavy atom. The Labute approximate surface area is 178 Å². The summed E-state index contributed by atoms with van der Waals surface area (Å²) >= 11 is 1.59. The average molecular weight is 411 g/mol. The molecule has 0 unspecified atom stereocenters. The first-order chi connectivity index (χ1) is 14.0. The first kappa shape index (κ1) is 21.4. The van der Waals surface area contributed by atoms with Gasteiger partial charge >= 0.3 is 0 Å². The second-order valence-corrected chi connectivity index (χ2v) is 8.77. The molecule has 2 amide bonds. The Morgan fingerprint density at radius 3 is 2.31 bits per heavy atom. The summed E-state index contributed by atoms with van der Waals surface area (Å²) in [5.41, 5.74) is 4.91. The number of amides is 2. The van der Waals surface area contributed by atoms with Crippen molar-refractivity contribution in [3.63, 3.8) is 0 Å². The first-order valence-electron chi connectivity index (χ1n) is 10.4. The third kappa shape index (κ3) is 6.36.